The second-order valence-electron chi connectivity index (χ2n) is 6.07. The van der Waals surface area contributed by atoms with E-state index in [9.17, 15) is 4.79 Å². The van der Waals surface area contributed by atoms with Crippen molar-refractivity contribution in [3.8, 4) is 5.75 Å². The van der Waals surface area contributed by atoms with Gasteiger partial charge in [-0.1, -0.05) is 48.5 Å². The summed E-state index contributed by atoms with van der Waals surface area (Å²) >= 11 is 0. The van der Waals surface area contributed by atoms with Gasteiger partial charge in [0.05, 0.1) is 13.1 Å². The molecule has 0 saturated carbocycles. The van der Waals surface area contributed by atoms with Crippen LogP contribution in [0.25, 0.3) is 0 Å². The molecule has 0 saturated heterocycles. The summed E-state index contributed by atoms with van der Waals surface area (Å²) in [6, 6.07) is 19.8. The zero-order chi connectivity index (χ0) is 19.3. The average molecular weight is 496 g/mol. The first-order valence-corrected chi connectivity index (χ1v) is 9.09. The number of nitrogens with zero attached hydrogens (tertiary/aromatic N) is 2. The highest BCUT2D eigenvalue weighted by molar-refractivity contribution is 14.0. The highest BCUT2D eigenvalue weighted by Crippen LogP contribution is 2.07. The van der Waals surface area contributed by atoms with Crippen LogP contribution in [-0.4, -0.2) is 57.1 Å². The van der Waals surface area contributed by atoms with Crippen molar-refractivity contribution in [2.24, 2.45) is 4.99 Å². The molecule has 1 amide bonds. The van der Waals surface area contributed by atoms with Crippen LogP contribution in [0.15, 0.2) is 65.7 Å². The van der Waals surface area contributed by atoms with Crippen LogP contribution in [0, 0.1) is 0 Å². The lowest BCUT2D eigenvalue weighted by atomic mass is 10.1. The van der Waals surface area contributed by atoms with Gasteiger partial charge in [0, 0.05) is 20.6 Å². The van der Waals surface area contributed by atoms with E-state index in [1.807, 2.05) is 60.5 Å². The van der Waals surface area contributed by atoms with E-state index >= 15 is 0 Å². The number of benzene rings is 2. The van der Waals surface area contributed by atoms with Crippen molar-refractivity contribution in [1.29, 1.82) is 0 Å². The zero-order valence-electron chi connectivity index (χ0n) is 16.4. The lowest BCUT2D eigenvalue weighted by Gasteiger charge is -2.22. The van der Waals surface area contributed by atoms with E-state index in [4.69, 9.17) is 4.74 Å². The summed E-state index contributed by atoms with van der Waals surface area (Å²) in [5.74, 6) is 1.44. The molecule has 0 fully saturated rings. The number of hydrogen-bond acceptors (Lipinski definition) is 3. The number of aliphatic imine (C=N–C) groups is 1. The van der Waals surface area contributed by atoms with Crippen LogP contribution in [-0.2, 0) is 11.2 Å². The minimum Gasteiger partial charge on any atom is -0.492 e. The van der Waals surface area contributed by atoms with Gasteiger partial charge in [-0.2, -0.15) is 0 Å². The van der Waals surface area contributed by atoms with E-state index in [0.29, 0.717) is 25.7 Å². The number of guanidine groups is 1. The number of para-hydroxylation sites is 1. The van der Waals surface area contributed by atoms with Crippen molar-refractivity contribution in [3.05, 3.63) is 66.2 Å². The maximum absolute atomic E-state index is 12.0. The van der Waals surface area contributed by atoms with Crippen LogP contribution in [0.3, 0.4) is 0 Å². The second kappa shape index (κ2) is 13.8. The Bertz CT molecular complexity index is 711. The fourth-order valence-electron chi connectivity index (χ4n) is 2.52. The molecule has 0 atom stereocenters. The van der Waals surface area contributed by atoms with Gasteiger partial charge < -0.3 is 20.3 Å². The minimum atomic E-state index is -0.0546. The monoisotopic (exact) mass is 496 g/mol. The van der Waals surface area contributed by atoms with Crippen LogP contribution in [0.5, 0.6) is 5.75 Å². The highest BCUT2D eigenvalue weighted by atomic mass is 127. The van der Waals surface area contributed by atoms with Crippen molar-refractivity contribution in [3.63, 3.8) is 0 Å². The summed E-state index contributed by atoms with van der Waals surface area (Å²) in [6.07, 6.45) is 0.817. The molecule has 6 nitrogen and oxygen atoms in total. The molecule has 0 aliphatic rings. The number of hydrogen-bond donors (Lipinski definition) is 2. The first-order valence-electron chi connectivity index (χ1n) is 9.09. The molecular weight excluding hydrogens is 467 g/mol. The third-order valence-electron chi connectivity index (χ3n) is 4.00. The molecule has 0 aliphatic heterocycles. The van der Waals surface area contributed by atoms with Gasteiger partial charge in [0.15, 0.2) is 5.96 Å². The maximum Gasteiger partial charge on any atom is 0.239 e. The molecule has 28 heavy (non-hydrogen) atoms. The first kappa shape index (κ1) is 23.7. The molecule has 0 spiro atoms. The topological polar surface area (TPSA) is 66.0 Å². The van der Waals surface area contributed by atoms with Gasteiger partial charge in [0.2, 0.25) is 5.91 Å². The van der Waals surface area contributed by atoms with Crippen molar-refractivity contribution < 1.29 is 9.53 Å². The number of ether oxygens (including phenoxy) is 1. The number of carbonyl (C=O) groups excluding carboxylic acids is 1. The summed E-state index contributed by atoms with van der Waals surface area (Å²) < 4.78 is 5.69. The molecule has 152 valence electrons. The Morgan fingerprint density at radius 3 is 2.32 bits per heavy atom. The molecule has 0 unspecified atom stereocenters. The van der Waals surface area contributed by atoms with E-state index in [2.05, 4.69) is 27.8 Å². The average Bonchev–Trinajstić information content (AvgIpc) is 2.70. The van der Waals surface area contributed by atoms with E-state index in [1.165, 1.54) is 5.56 Å². The van der Waals surface area contributed by atoms with Crippen LogP contribution < -0.4 is 15.4 Å². The number of amides is 1. The van der Waals surface area contributed by atoms with Crippen molar-refractivity contribution in [2.45, 2.75) is 6.42 Å². The van der Waals surface area contributed by atoms with Crippen LogP contribution >= 0.6 is 24.0 Å². The van der Waals surface area contributed by atoms with Crippen molar-refractivity contribution in [2.75, 3.05) is 40.3 Å². The van der Waals surface area contributed by atoms with Gasteiger partial charge in [-0.15, -0.1) is 24.0 Å². The van der Waals surface area contributed by atoms with Gasteiger partial charge in [-0.05, 0) is 24.1 Å². The summed E-state index contributed by atoms with van der Waals surface area (Å²) in [6.45, 7) is 1.99. The van der Waals surface area contributed by atoms with E-state index in [0.717, 1.165) is 12.2 Å². The Hall–Kier alpha value is -2.29. The fraction of sp³-hybridized carbons (Fsp3) is 0.333. The second-order valence-corrected chi connectivity index (χ2v) is 6.07. The van der Waals surface area contributed by atoms with Gasteiger partial charge in [0.25, 0.3) is 0 Å². The molecule has 2 rings (SSSR count). The highest BCUT2D eigenvalue weighted by Gasteiger charge is 2.08. The number of rotatable bonds is 9. The summed E-state index contributed by atoms with van der Waals surface area (Å²) in [5, 5.41) is 5.99. The maximum atomic E-state index is 12.0. The van der Waals surface area contributed by atoms with Gasteiger partial charge >= 0.3 is 0 Å². The van der Waals surface area contributed by atoms with Gasteiger partial charge in [-0.3, -0.25) is 9.79 Å². The largest absolute Gasteiger partial charge is 0.492 e. The standard InChI is InChI=1S/C21H28N4O2.HI/c1-22-21(25(2)15-16-27-19-11-7-4-8-12-19)24-17-20(26)23-14-13-18-9-5-3-6-10-18;/h3-12H,13-17H2,1-2H3,(H,22,24)(H,23,26);1H. The summed E-state index contributed by atoms with van der Waals surface area (Å²) in [5.41, 5.74) is 1.21. The van der Waals surface area contributed by atoms with Crippen LogP contribution in [0.4, 0.5) is 0 Å². The first-order chi connectivity index (χ1) is 13.2. The summed E-state index contributed by atoms with van der Waals surface area (Å²) in [7, 11) is 3.61. The van der Waals surface area contributed by atoms with E-state index in [-0.39, 0.29) is 36.4 Å². The van der Waals surface area contributed by atoms with Crippen molar-refractivity contribution >= 4 is 35.8 Å². The molecular formula is C21H29IN4O2. The smallest absolute Gasteiger partial charge is 0.239 e. The molecule has 0 heterocycles. The molecule has 0 aromatic heterocycles. The van der Waals surface area contributed by atoms with E-state index < -0.39 is 0 Å². The Morgan fingerprint density at radius 1 is 1.04 bits per heavy atom. The summed E-state index contributed by atoms with van der Waals surface area (Å²) in [4.78, 5) is 18.1. The molecule has 7 heteroatoms. The Morgan fingerprint density at radius 2 is 1.68 bits per heavy atom. The molecule has 2 aromatic carbocycles. The lowest BCUT2D eigenvalue weighted by Crippen LogP contribution is -2.45. The molecule has 2 aromatic rings. The Kier molecular flexibility index (Phi) is 11.7. The van der Waals surface area contributed by atoms with Crippen LogP contribution in [0.2, 0.25) is 0 Å². The Balaban J connectivity index is 0.00000392. The van der Waals surface area contributed by atoms with E-state index in [1.54, 1.807) is 7.05 Å². The predicted octanol–water partition coefficient (Wildman–Crippen LogP) is 2.55. The third kappa shape index (κ3) is 9.07. The molecule has 0 radical (unpaired) electrons. The van der Waals surface area contributed by atoms with Crippen molar-refractivity contribution in [1.82, 2.24) is 15.5 Å². The normalized spacial score (nSPS) is 10.6. The van der Waals surface area contributed by atoms with Crippen LogP contribution in [0.1, 0.15) is 5.56 Å². The Labute approximate surface area is 184 Å². The van der Waals surface area contributed by atoms with Gasteiger partial charge in [-0.25, -0.2) is 0 Å². The van der Waals surface area contributed by atoms with Gasteiger partial charge in [0.1, 0.15) is 12.4 Å². The number of likely N-dealkylation sites (N-methyl/N-ethyl adjacent to an activating group) is 1. The fourth-order valence-corrected chi connectivity index (χ4v) is 2.52. The zero-order valence-corrected chi connectivity index (χ0v) is 18.8. The third-order valence-corrected chi connectivity index (χ3v) is 4.00. The lowest BCUT2D eigenvalue weighted by molar-refractivity contribution is -0.120. The molecule has 0 bridgehead atoms. The number of nitrogens with one attached hydrogen (secondary N) is 2. The number of carbonyl (C=O) groups is 1. The SMILES string of the molecule is CN=C(NCC(=O)NCCc1ccccc1)N(C)CCOc1ccccc1.I. The predicted molar refractivity (Wildman–Crippen MR) is 124 cm³/mol. The molecule has 0 aliphatic carbocycles. The molecule has 2 N–H and O–H groups in total. The minimum absolute atomic E-state index is 0. The number of halogens is 1. The quantitative estimate of drug-likeness (QED) is 0.318.